The Morgan fingerprint density at radius 3 is 2.85 bits per heavy atom. The summed E-state index contributed by atoms with van der Waals surface area (Å²) < 4.78 is 5.28. The van der Waals surface area contributed by atoms with Crippen molar-refractivity contribution >= 4 is 23.6 Å². The van der Waals surface area contributed by atoms with Crippen LogP contribution >= 0.6 is 11.8 Å². The largest absolute Gasteiger partial charge is 0.496 e. The molecule has 20 heavy (non-hydrogen) atoms. The molecule has 4 heteroatoms. The van der Waals surface area contributed by atoms with Gasteiger partial charge < -0.3 is 4.74 Å². The van der Waals surface area contributed by atoms with Gasteiger partial charge in [-0.25, -0.2) is 0 Å². The molecule has 3 nitrogen and oxygen atoms in total. The van der Waals surface area contributed by atoms with E-state index in [-0.39, 0.29) is 5.78 Å². The van der Waals surface area contributed by atoms with E-state index in [1.54, 1.807) is 49.5 Å². The highest BCUT2D eigenvalue weighted by Crippen LogP contribution is 2.28. The fraction of sp³-hybridized carbons (Fsp3) is 0.125. The van der Waals surface area contributed by atoms with Crippen LogP contribution in [0.4, 0.5) is 0 Å². The van der Waals surface area contributed by atoms with Crippen molar-refractivity contribution in [2.24, 2.45) is 0 Å². The Bertz CT molecular complexity index is 624. The van der Waals surface area contributed by atoms with E-state index < -0.39 is 0 Å². The highest BCUT2D eigenvalue weighted by molar-refractivity contribution is 7.98. The van der Waals surface area contributed by atoms with Crippen LogP contribution in [-0.4, -0.2) is 24.1 Å². The number of allylic oxidation sites excluding steroid dienone is 1. The first-order valence-corrected chi connectivity index (χ1v) is 7.31. The number of aromatic nitrogens is 1. The molecule has 0 bridgehead atoms. The van der Waals surface area contributed by atoms with Gasteiger partial charge in [0.05, 0.1) is 7.11 Å². The maximum absolute atomic E-state index is 12.1. The summed E-state index contributed by atoms with van der Waals surface area (Å²) in [6.07, 6.45) is 8.68. The monoisotopic (exact) mass is 285 g/mol. The van der Waals surface area contributed by atoms with Crippen LogP contribution in [0.2, 0.25) is 0 Å². The van der Waals surface area contributed by atoms with E-state index in [4.69, 9.17) is 4.74 Å². The third-order valence-corrected chi connectivity index (χ3v) is 3.56. The number of methoxy groups -OCH3 is 1. The molecule has 1 aromatic heterocycles. The lowest BCUT2D eigenvalue weighted by Crippen LogP contribution is -1.96. The predicted octanol–water partition coefficient (Wildman–Crippen LogP) is 3.71. The third kappa shape index (κ3) is 3.48. The van der Waals surface area contributed by atoms with Crippen molar-refractivity contribution < 1.29 is 9.53 Å². The molecule has 0 fully saturated rings. The molecule has 102 valence electrons. The van der Waals surface area contributed by atoms with Gasteiger partial charge in [-0.15, -0.1) is 11.8 Å². The van der Waals surface area contributed by atoms with Gasteiger partial charge in [0.2, 0.25) is 0 Å². The summed E-state index contributed by atoms with van der Waals surface area (Å²) in [5, 5.41) is 0. The second-order valence-corrected chi connectivity index (χ2v) is 4.90. The highest BCUT2D eigenvalue weighted by atomic mass is 32.2. The van der Waals surface area contributed by atoms with Crippen molar-refractivity contribution in [1.29, 1.82) is 0 Å². The van der Waals surface area contributed by atoms with Crippen molar-refractivity contribution in [1.82, 2.24) is 4.98 Å². The summed E-state index contributed by atoms with van der Waals surface area (Å²) in [4.78, 5) is 17.1. The van der Waals surface area contributed by atoms with Crippen molar-refractivity contribution in [3.8, 4) is 5.75 Å². The minimum Gasteiger partial charge on any atom is -0.496 e. The maximum Gasteiger partial charge on any atom is 0.185 e. The van der Waals surface area contributed by atoms with Gasteiger partial charge in [-0.3, -0.25) is 9.78 Å². The first kappa shape index (κ1) is 14.3. The molecule has 1 aromatic carbocycles. The number of carbonyl (C=O) groups excluding carboxylic acids is 1. The SMILES string of the molecule is COc1cc(C(=O)/C=C/c2cccnc2)ccc1SC. The fourth-order valence-electron chi connectivity index (χ4n) is 1.73. The van der Waals surface area contributed by atoms with Gasteiger partial charge in [0.25, 0.3) is 0 Å². The maximum atomic E-state index is 12.1. The molecular formula is C16H15NO2S. The van der Waals surface area contributed by atoms with Gasteiger partial charge in [0, 0.05) is 22.9 Å². The average Bonchev–Trinajstić information content (AvgIpc) is 2.52. The van der Waals surface area contributed by atoms with E-state index in [2.05, 4.69) is 4.98 Å². The number of hydrogen-bond donors (Lipinski definition) is 0. The van der Waals surface area contributed by atoms with E-state index in [1.807, 2.05) is 30.5 Å². The lowest BCUT2D eigenvalue weighted by molar-refractivity contribution is 0.104. The summed E-state index contributed by atoms with van der Waals surface area (Å²) in [6.45, 7) is 0. The number of hydrogen-bond acceptors (Lipinski definition) is 4. The summed E-state index contributed by atoms with van der Waals surface area (Å²) in [5.74, 6) is 0.665. The van der Waals surface area contributed by atoms with Gasteiger partial charge >= 0.3 is 0 Å². The fourth-order valence-corrected chi connectivity index (χ4v) is 2.28. The molecule has 0 atom stereocenters. The number of benzene rings is 1. The van der Waals surface area contributed by atoms with Crippen molar-refractivity contribution in [3.63, 3.8) is 0 Å². The molecule has 0 aliphatic carbocycles. The zero-order valence-electron chi connectivity index (χ0n) is 11.4. The van der Waals surface area contributed by atoms with Crippen molar-refractivity contribution in [3.05, 3.63) is 59.9 Å². The quantitative estimate of drug-likeness (QED) is 0.477. The van der Waals surface area contributed by atoms with Crippen LogP contribution in [0, 0.1) is 0 Å². The molecule has 2 aromatic rings. The first-order chi connectivity index (χ1) is 9.74. The van der Waals surface area contributed by atoms with Crippen LogP contribution in [-0.2, 0) is 0 Å². The van der Waals surface area contributed by atoms with Crippen molar-refractivity contribution in [2.45, 2.75) is 4.90 Å². The zero-order chi connectivity index (χ0) is 14.4. The van der Waals surface area contributed by atoms with E-state index in [9.17, 15) is 4.79 Å². The molecule has 0 N–H and O–H groups in total. The van der Waals surface area contributed by atoms with Gasteiger partial charge in [-0.05, 0) is 48.2 Å². The number of thioether (sulfide) groups is 1. The molecule has 0 amide bonds. The molecule has 0 spiro atoms. The smallest absolute Gasteiger partial charge is 0.185 e. The van der Waals surface area contributed by atoms with Gasteiger partial charge in [0.15, 0.2) is 5.78 Å². The number of pyridine rings is 1. The van der Waals surface area contributed by atoms with Crippen LogP contribution in [0.25, 0.3) is 6.08 Å². The molecule has 0 radical (unpaired) electrons. The topological polar surface area (TPSA) is 39.2 Å². The van der Waals surface area contributed by atoms with Crippen LogP contribution in [0.5, 0.6) is 5.75 Å². The van der Waals surface area contributed by atoms with Crippen LogP contribution in [0.1, 0.15) is 15.9 Å². The second kappa shape index (κ2) is 6.91. The van der Waals surface area contributed by atoms with Crippen LogP contribution < -0.4 is 4.74 Å². The lowest BCUT2D eigenvalue weighted by atomic mass is 10.1. The minimum atomic E-state index is -0.0557. The molecule has 0 saturated heterocycles. The molecule has 1 heterocycles. The third-order valence-electron chi connectivity index (χ3n) is 2.78. The summed E-state index contributed by atoms with van der Waals surface area (Å²) in [7, 11) is 1.61. The number of ketones is 1. The Labute approximate surface area is 122 Å². The number of nitrogens with zero attached hydrogens (tertiary/aromatic N) is 1. The average molecular weight is 285 g/mol. The molecule has 0 aliphatic heterocycles. The number of ether oxygens (including phenoxy) is 1. The first-order valence-electron chi connectivity index (χ1n) is 6.09. The van der Waals surface area contributed by atoms with Crippen molar-refractivity contribution in [2.75, 3.05) is 13.4 Å². The van der Waals surface area contributed by atoms with Gasteiger partial charge in [-0.2, -0.15) is 0 Å². The highest BCUT2D eigenvalue weighted by Gasteiger charge is 2.07. The lowest BCUT2D eigenvalue weighted by Gasteiger charge is -2.07. The van der Waals surface area contributed by atoms with Gasteiger partial charge in [-0.1, -0.05) is 6.07 Å². The molecule has 0 aliphatic rings. The normalized spacial score (nSPS) is 10.7. The zero-order valence-corrected chi connectivity index (χ0v) is 12.2. The Kier molecular flexibility index (Phi) is 4.96. The molecule has 0 unspecified atom stereocenters. The Hall–Kier alpha value is -2.07. The van der Waals surface area contributed by atoms with E-state index in [0.717, 1.165) is 16.2 Å². The Balaban J connectivity index is 2.19. The molecule has 0 saturated carbocycles. The number of carbonyl (C=O) groups is 1. The predicted molar refractivity (Wildman–Crippen MR) is 82.4 cm³/mol. The molecule has 2 rings (SSSR count). The van der Waals surface area contributed by atoms with Crippen LogP contribution in [0.15, 0.2) is 53.7 Å². The Morgan fingerprint density at radius 2 is 2.20 bits per heavy atom. The summed E-state index contributed by atoms with van der Waals surface area (Å²) in [5.41, 5.74) is 1.51. The summed E-state index contributed by atoms with van der Waals surface area (Å²) in [6, 6.07) is 9.20. The van der Waals surface area contributed by atoms with E-state index >= 15 is 0 Å². The van der Waals surface area contributed by atoms with Gasteiger partial charge in [0.1, 0.15) is 5.75 Å². The number of rotatable bonds is 5. The minimum absolute atomic E-state index is 0.0557. The second-order valence-electron chi connectivity index (χ2n) is 4.05. The van der Waals surface area contributed by atoms with Crippen LogP contribution in [0.3, 0.4) is 0 Å². The van der Waals surface area contributed by atoms with E-state index in [0.29, 0.717) is 5.56 Å². The standard InChI is InChI=1S/C16H15NO2S/c1-19-15-10-13(6-8-16(15)20-2)14(18)7-5-12-4-3-9-17-11-12/h3-11H,1-2H3/b7-5+. The summed E-state index contributed by atoms with van der Waals surface area (Å²) >= 11 is 1.59. The molecular weight excluding hydrogens is 270 g/mol. The Morgan fingerprint density at radius 1 is 1.35 bits per heavy atom. The van der Waals surface area contributed by atoms with E-state index in [1.165, 1.54) is 0 Å².